The van der Waals surface area contributed by atoms with Gasteiger partial charge in [0.1, 0.15) is 6.10 Å². The van der Waals surface area contributed by atoms with E-state index in [0.29, 0.717) is 26.1 Å². The minimum atomic E-state index is -0.861. The van der Waals surface area contributed by atoms with Crippen LogP contribution in [0.25, 0.3) is 0 Å². The number of aromatic nitrogens is 1. The van der Waals surface area contributed by atoms with E-state index in [1.165, 1.54) is 0 Å². The van der Waals surface area contributed by atoms with Crippen molar-refractivity contribution >= 4 is 17.7 Å². The van der Waals surface area contributed by atoms with Crippen LogP contribution in [0.4, 0.5) is 0 Å². The lowest BCUT2D eigenvalue weighted by Gasteiger charge is -2.33. The lowest BCUT2D eigenvalue weighted by atomic mass is 10.1. The molecule has 0 saturated carbocycles. The van der Waals surface area contributed by atoms with E-state index in [2.05, 4.69) is 4.98 Å². The first-order valence-corrected chi connectivity index (χ1v) is 9.06. The summed E-state index contributed by atoms with van der Waals surface area (Å²) >= 11 is 1.64. The minimum absolute atomic E-state index is 0.139. The highest BCUT2D eigenvalue weighted by Gasteiger charge is 2.27. The second kappa shape index (κ2) is 9.12. The summed E-state index contributed by atoms with van der Waals surface area (Å²) in [5.41, 5.74) is 1.06. The molecule has 1 aliphatic rings. The van der Waals surface area contributed by atoms with Gasteiger partial charge in [0.2, 0.25) is 0 Å². The Morgan fingerprint density at radius 3 is 2.95 bits per heavy atom. The smallest absolute Gasteiger partial charge is 0.251 e. The molecule has 1 aromatic heterocycles. The average Bonchev–Trinajstić information content (AvgIpc) is 2.58. The third kappa shape index (κ3) is 5.26. The number of aliphatic hydroxyl groups is 1. The van der Waals surface area contributed by atoms with Crippen molar-refractivity contribution < 1.29 is 14.6 Å². The van der Waals surface area contributed by atoms with Crippen molar-refractivity contribution in [3.05, 3.63) is 30.1 Å². The van der Waals surface area contributed by atoms with Crippen LogP contribution in [-0.4, -0.2) is 58.2 Å². The number of amides is 1. The van der Waals surface area contributed by atoms with Gasteiger partial charge in [0.05, 0.1) is 12.7 Å². The zero-order valence-corrected chi connectivity index (χ0v) is 13.8. The molecular weight excluding hydrogens is 300 g/mol. The van der Waals surface area contributed by atoms with Crippen molar-refractivity contribution in [3.63, 3.8) is 0 Å². The third-order valence-corrected chi connectivity index (χ3v) is 4.49. The standard InChI is InChI=1S/C16H24N2O3S/c1-22-10-6-15(19)16(20)18-8-4-14(5-9-18)21-12-13-3-2-7-17-11-13/h2-3,7,11,14-15,19H,4-6,8-10,12H2,1H3/t15-/m0/s1. The molecule has 1 aliphatic heterocycles. The second-order valence-corrected chi connectivity index (χ2v) is 6.48. The molecule has 2 heterocycles. The Hall–Kier alpha value is -1.11. The SMILES string of the molecule is CSCC[C@H](O)C(=O)N1CCC(OCc2cccnc2)CC1. The van der Waals surface area contributed by atoms with E-state index in [4.69, 9.17) is 4.74 Å². The first-order valence-electron chi connectivity index (χ1n) is 7.67. The molecule has 1 saturated heterocycles. The van der Waals surface area contributed by atoms with Crippen molar-refractivity contribution in [2.24, 2.45) is 0 Å². The third-order valence-electron chi connectivity index (χ3n) is 3.84. The van der Waals surface area contributed by atoms with Gasteiger partial charge < -0.3 is 14.7 Å². The van der Waals surface area contributed by atoms with Gasteiger partial charge in [-0.2, -0.15) is 11.8 Å². The molecular formula is C16H24N2O3S. The van der Waals surface area contributed by atoms with Gasteiger partial charge in [0.15, 0.2) is 0 Å². The van der Waals surface area contributed by atoms with Crippen LogP contribution in [-0.2, 0) is 16.1 Å². The lowest BCUT2D eigenvalue weighted by molar-refractivity contribution is -0.143. The maximum atomic E-state index is 12.1. The van der Waals surface area contributed by atoms with Crippen molar-refractivity contribution in [2.45, 2.75) is 38.1 Å². The van der Waals surface area contributed by atoms with Gasteiger partial charge in [-0.3, -0.25) is 9.78 Å². The molecule has 0 radical (unpaired) electrons. The monoisotopic (exact) mass is 324 g/mol. The molecule has 1 fully saturated rings. The zero-order valence-electron chi connectivity index (χ0n) is 13.0. The van der Waals surface area contributed by atoms with Crippen molar-refractivity contribution in [3.8, 4) is 0 Å². The summed E-state index contributed by atoms with van der Waals surface area (Å²) in [5.74, 6) is 0.664. The molecule has 1 amide bonds. The van der Waals surface area contributed by atoms with Crippen LogP contribution >= 0.6 is 11.8 Å². The highest BCUT2D eigenvalue weighted by Crippen LogP contribution is 2.17. The van der Waals surface area contributed by atoms with Gasteiger partial charge in [-0.1, -0.05) is 6.07 Å². The van der Waals surface area contributed by atoms with Gasteiger partial charge in [-0.15, -0.1) is 0 Å². The minimum Gasteiger partial charge on any atom is -0.383 e. The van der Waals surface area contributed by atoms with Crippen molar-refractivity contribution in [1.29, 1.82) is 0 Å². The van der Waals surface area contributed by atoms with Gasteiger partial charge in [-0.25, -0.2) is 0 Å². The van der Waals surface area contributed by atoms with E-state index in [0.717, 1.165) is 24.2 Å². The summed E-state index contributed by atoms with van der Waals surface area (Å²) in [4.78, 5) is 17.9. The Kier molecular flexibility index (Phi) is 7.15. The molecule has 0 unspecified atom stereocenters. The largest absolute Gasteiger partial charge is 0.383 e. The normalized spacial score (nSPS) is 17.5. The number of carbonyl (C=O) groups is 1. The van der Waals surface area contributed by atoms with Crippen molar-refractivity contribution in [1.82, 2.24) is 9.88 Å². The number of hydrogen-bond acceptors (Lipinski definition) is 5. The summed E-state index contributed by atoms with van der Waals surface area (Å²) in [7, 11) is 0. The van der Waals surface area contributed by atoms with Gasteiger partial charge in [0, 0.05) is 25.5 Å². The predicted molar refractivity (Wildman–Crippen MR) is 87.6 cm³/mol. The fraction of sp³-hybridized carbons (Fsp3) is 0.625. The lowest BCUT2D eigenvalue weighted by Crippen LogP contribution is -2.45. The first kappa shape index (κ1) is 17.2. The van der Waals surface area contributed by atoms with E-state index >= 15 is 0 Å². The van der Waals surface area contributed by atoms with E-state index in [9.17, 15) is 9.90 Å². The van der Waals surface area contributed by atoms with Crippen molar-refractivity contribution in [2.75, 3.05) is 25.1 Å². The number of aliphatic hydroxyl groups excluding tert-OH is 1. The Morgan fingerprint density at radius 2 is 2.32 bits per heavy atom. The summed E-state index contributed by atoms with van der Waals surface area (Å²) < 4.78 is 5.88. The fourth-order valence-electron chi connectivity index (χ4n) is 2.50. The van der Waals surface area contributed by atoms with Crippen LogP contribution < -0.4 is 0 Å². The molecule has 5 nitrogen and oxygen atoms in total. The fourth-order valence-corrected chi connectivity index (χ4v) is 2.96. The Balaban J connectivity index is 1.70. The molecule has 22 heavy (non-hydrogen) atoms. The predicted octanol–water partition coefficient (Wildman–Crippen LogP) is 1.70. The van der Waals surface area contributed by atoms with Crippen LogP contribution in [0.2, 0.25) is 0 Å². The zero-order chi connectivity index (χ0) is 15.8. The van der Waals surface area contributed by atoms with Crippen LogP contribution in [0.1, 0.15) is 24.8 Å². The number of pyridine rings is 1. The maximum Gasteiger partial charge on any atom is 0.251 e. The number of hydrogen-bond donors (Lipinski definition) is 1. The number of rotatable bonds is 7. The highest BCUT2D eigenvalue weighted by molar-refractivity contribution is 7.98. The molecule has 122 valence electrons. The molecule has 0 aliphatic carbocycles. The van der Waals surface area contributed by atoms with E-state index in [-0.39, 0.29) is 12.0 Å². The average molecular weight is 324 g/mol. The number of thioether (sulfide) groups is 1. The molecule has 0 spiro atoms. The number of ether oxygens (including phenoxy) is 1. The molecule has 2 rings (SSSR count). The van der Waals surface area contributed by atoms with E-state index in [1.807, 2.05) is 18.4 Å². The van der Waals surface area contributed by atoms with Gasteiger partial charge in [0.25, 0.3) is 5.91 Å². The Bertz CT molecular complexity index is 450. The number of piperidine rings is 1. The van der Waals surface area contributed by atoms with E-state index in [1.54, 1.807) is 29.1 Å². The molecule has 1 aromatic rings. The first-order chi connectivity index (χ1) is 10.7. The Morgan fingerprint density at radius 1 is 1.55 bits per heavy atom. The van der Waals surface area contributed by atoms with Crippen LogP contribution in [0.3, 0.4) is 0 Å². The summed E-state index contributed by atoms with van der Waals surface area (Å²) in [6.45, 7) is 1.88. The van der Waals surface area contributed by atoms with Gasteiger partial charge in [-0.05, 0) is 42.9 Å². The molecule has 0 bridgehead atoms. The summed E-state index contributed by atoms with van der Waals surface area (Å²) in [6, 6.07) is 3.89. The summed E-state index contributed by atoms with van der Waals surface area (Å²) in [5, 5.41) is 9.88. The number of nitrogens with zero attached hydrogens (tertiary/aromatic N) is 2. The second-order valence-electron chi connectivity index (χ2n) is 5.49. The highest BCUT2D eigenvalue weighted by atomic mass is 32.2. The summed E-state index contributed by atoms with van der Waals surface area (Å²) in [6.07, 6.45) is 7.01. The van der Waals surface area contributed by atoms with Crippen LogP contribution in [0.15, 0.2) is 24.5 Å². The van der Waals surface area contributed by atoms with Gasteiger partial charge >= 0.3 is 0 Å². The molecule has 1 N–H and O–H groups in total. The number of likely N-dealkylation sites (tertiary alicyclic amines) is 1. The molecule has 1 atom stereocenters. The topological polar surface area (TPSA) is 62.7 Å². The van der Waals surface area contributed by atoms with Crippen LogP contribution in [0, 0.1) is 0 Å². The number of carbonyl (C=O) groups excluding carboxylic acids is 1. The molecule has 6 heteroatoms. The van der Waals surface area contributed by atoms with E-state index < -0.39 is 6.10 Å². The van der Waals surface area contributed by atoms with Crippen LogP contribution in [0.5, 0.6) is 0 Å². The molecule has 0 aromatic carbocycles. The quantitative estimate of drug-likeness (QED) is 0.827. The Labute approximate surface area is 136 Å². The maximum absolute atomic E-state index is 12.1.